The van der Waals surface area contributed by atoms with E-state index in [1.54, 1.807) is 25.6 Å². The van der Waals surface area contributed by atoms with E-state index in [9.17, 15) is 0 Å². The predicted octanol–water partition coefficient (Wildman–Crippen LogP) is 4.65. The highest BCUT2D eigenvalue weighted by atomic mass is 127. The van der Waals surface area contributed by atoms with Gasteiger partial charge in [-0.05, 0) is 37.5 Å². The molecule has 0 spiro atoms. The molecule has 1 aliphatic carbocycles. The third-order valence-electron chi connectivity index (χ3n) is 5.70. The Morgan fingerprint density at radius 3 is 2.47 bits per heavy atom. The number of aryl methyl sites for hydroxylation is 1. The fraction of sp³-hybridized carbons (Fsp3) is 0.545. The van der Waals surface area contributed by atoms with Crippen molar-refractivity contribution in [1.82, 2.24) is 15.6 Å². The third-order valence-corrected chi connectivity index (χ3v) is 6.61. The lowest BCUT2D eigenvalue weighted by Crippen LogP contribution is -2.46. The van der Waals surface area contributed by atoms with Gasteiger partial charge in [0.05, 0.1) is 20.8 Å². The van der Waals surface area contributed by atoms with Crippen molar-refractivity contribution < 1.29 is 9.47 Å². The van der Waals surface area contributed by atoms with Crippen molar-refractivity contribution in [3.05, 3.63) is 39.8 Å². The zero-order valence-electron chi connectivity index (χ0n) is 18.3. The van der Waals surface area contributed by atoms with Crippen LogP contribution in [0.4, 0.5) is 0 Å². The summed E-state index contributed by atoms with van der Waals surface area (Å²) in [6.45, 7) is 3.59. The summed E-state index contributed by atoms with van der Waals surface area (Å²) in [6, 6.07) is 6.34. The van der Waals surface area contributed by atoms with Gasteiger partial charge in [0.25, 0.3) is 0 Å². The number of benzene rings is 1. The number of rotatable bonds is 7. The van der Waals surface area contributed by atoms with E-state index in [4.69, 9.17) is 9.47 Å². The molecule has 1 aliphatic rings. The van der Waals surface area contributed by atoms with E-state index in [1.807, 2.05) is 19.3 Å². The molecule has 1 heterocycles. The number of hydrogen-bond donors (Lipinski definition) is 2. The maximum atomic E-state index is 5.56. The van der Waals surface area contributed by atoms with Crippen LogP contribution in [-0.4, -0.2) is 38.8 Å². The van der Waals surface area contributed by atoms with Gasteiger partial charge in [0, 0.05) is 30.1 Å². The lowest BCUT2D eigenvalue weighted by molar-refractivity contribution is 0.288. The molecule has 0 aliphatic heterocycles. The van der Waals surface area contributed by atoms with E-state index < -0.39 is 0 Å². The number of nitrogens with zero attached hydrogens (tertiary/aromatic N) is 2. The Morgan fingerprint density at radius 1 is 1.13 bits per heavy atom. The van der Waals surface area contributed by atoms with Crippen LogP contribution in [0.3, 0.4) is 0 Å². The molecule has 0 bridgehead atoms. The summed E-state index contributed by atoms with van der Waals surface area (Å²) in [6.07, 6.45) is 7.98. The van der Waals surface area contributed by atoms with Crippen molar-refractivity contribution in [3.63, 3.8) is 0 Å². The molecule has 0 radical (unpaired) electrons. The molecular weight excluding hydrogens is 511 g/mol. The Balaban J connectivity index is 0.00000320. The second-order valence-corrected chi connectivity index (χ2v) is 8.87. The average Bonchev–Trinajstić information content (AvgIpc) is 3.19. The van der Waals surface area contributed by atoms with Gasteiger partial charge in [-0.15, -0.1) is 35.3 Å². The highest BCUT2D eigenvalue weighted by Gasteiger charge is 2.34. The highest BCUT2D eigenvalue weighted by Crippen LogP contribution is 2.42. The Morgan fingerprint density at radius 2 is 1.87 bits per heavy atom. The molecule has 2 aromatic rings. The number of halogens is 1. The van der Waals surface area contributed by atoms with Crippen molar-refractivity contribution >= 4 is 41.3 Å². The standard InChI is InChI=1S/C22H32N4O2S.HI/c1-16-13-24-20(29-16)14-25-21(23-2)26-15-22(10-6-5-7-11-22)17-8-9-18(27-3)19(12-17)28-4;/h8-9,12-13H,5-7,10-11,14-15H2,1-4H3,(H2,23,25,26);1H. The third kappa shape index (κ3) is 6.00. The lowest BCUT2D eigenvalue weighted by Gasteiger charge is -2.38. The summed E-state index contributed by atoms with van der Waals surface area (Å²) in [4.78, 5) is 10.0. The SMILES string of the molecule is CN=C(NCc1ncc(C)s1)NCC1(c2ccc(OC)c(OC)c2)CCCCC1.I. The summed E-state index contributed by atoms with van der Waals surface area (Å²) in [5.74, 6) is 2.37. The highest BCUT2D eigenvalue weighted by molar-refractivity contribution is 14.0. The number of ether oxygens (including phenoxy) is 2. The number of hydrogen-bond acceptors (Lipinski definition) is 5. The van der Waals surface area contributed by atoms with E-state index >= 15 is 0 Å². The molecule has 166 valence electrons. The predicted molar refractivity (Wildman–Crippen MR) is 135 cm³/mol. The van der Waals surface area contributed by atoms with Crippen LogP contribution in [0.2, 0.25) is 0 Å². The van der Waals surface area contributed by atoms with Gasteiger partial charge in [0.2, 0.25) is 0 Å². The molecule has 3 rings (SSSR count). The van der Waals surface area contributed by atoms with E-state index in [-0.39, 0.29) is 29.4 Å². The number of aromatic nitrogens is 1. The van der Waals surface area contributed by atoms with Crippen LogP contribution in [0.5, 0.6) is 11.5 Å². The Hall–Kier alpha value is -1.55. The maximum absolute atomic E-state index is 5.56. The molecule has 6 nitrogen and oxygen atoms in total. The molecule has 1 aromatic carbocycles. The van der Waals surface area contributed by atoms with Crippen LogP contribution in [0.15, 0.2) is 29.4 Å². The maximum Gasteiger partial charge on any atom is 0.191 e. The van der Waals surface area contributed by atoms with Crippen molar-refractivity contribution in [3.8, 4) is 11.5 Å². The topological polar surface area (TPSA) is 67.8 Å². The minimum absolute atomic E-state index is 0. The van der Waals surface area contributed by atoms with Crippen LogP contribution in [0, 0.1) is 6.92 Å². The van der Waals surface area contributed by atoms with Gasteiger partial charge in [0.1, 0.15) is 5.01 Å². The van der Waals surface area contributed by atoms with Gasteiger partial charge in [0.15, 0.2) is 17.5 Å². The van der Waals surface area contributed by atoms with Crippen LogP contribution < -0.4 is 20.1 Å². The second kappa shape index (κ2) is 11.7. The van der Waals surface area contributed by atoms with Crippen LogP contribution in [-0.2, 0) is 12.0 Å². The zero-order valence-corrected chi connectivity index (χ0v) is 21.4. The van der Waals surface area contributed by atoms with Gasteiger partial charge < -0.3 is 20.1 Å². The fourth-order valence-corrected chi connectivity index (χ4v) is 4.81. The molecule has 1 saturated carbocycles. The normalized spacial score (nSPS) is 15.8. The van der Waals surface area contributed by atoms with E-state index in [2.05, 4.69) is 39.7 Å². The first-order valence-electron chi connectivity index (χ1n) is 10.2. The van der Waals surface area contributed by atoms with E-state index in [1.165, 1.54) is 29.7 Å². The van der Waals surface area contributed by atoms with Gasteiger partial charge >= 0.3 is 0 Å². The van der Waals surface area contributed by atoms with Crippen LogP contribution in [0.25, 0.3) is 0 Å². The van der Waals surface area contributed by atoms with Gasteiger partial charge in [-0.2, -0.15) is 0 Å². The summed E-state index contributed by atoms with van der Waals surface area (Å²) in [5.41, 5.74) is 1.36. The van der Waals surface area contributed by atoms with Gasteiger partial charge in [-0.3, -0.25) is 4.99 Å². The lowest BCUT2D eigenvalue weighted by atomic mass is 9.69. The van der Waals surface area contributed by atoms with E-state index in [0.29, 0.717) is 6.54 Å². The Kier molecular flexibility index (Phi) is 9.67. The van der Waals surface area contributed by atoms with Crippen molar-refractivity contribution in [2.45, 2.75) is 51.0 Å². The van der Waals surface area contributed by atoms with Crippen LogP contribution in [0.1, 0.15) is 47.6 Å². The van der Waals surface area contributed by atoms with Crippen molar-refractivity contribution in [1.29, 1.82) is 0 Å². The first-order chi connectivity index (χ1) is 14.1. The van der Waals surface area contributed by atoms with Gasteiger partial charge in [-0.1, -0.05) is 25.3 Å². The molecule has 30 heavy (non-hydrogen) atoms. The number of thiazole rings is 1. The monoisotopic (exact) mass is 544 g/mol. The Bertz CT molecular complexity index is 834. The summed E-state index contributed by atoms with van der Waals surface area (Å²) < 4.78 is 11.0. The number of guanidine groups is 1. The van der Waals surface area contributed by atoms with Crippen LogP contribution >= 0.6 is 35.3 Å². The summed E-state index contributed by atoms with van der Waals surface area (Å²) in [7, 11) is 5.18. The molecular formula is C22H33IN4O2S. The Labute approximate surface area is 200 Å². The first-order valence-corrected chi connectivity index (χ1v) is 11.0. The molecule has 0 unspecified atom stereocenters. The summed E-state index contributed by atoms with van der Waals surface area (Å²) >= 11 is 1.71. The van der Waals surface area contributed by atoms with Crippen molar-refractivity contribution in [2.24, 2.45) is 4.99 Å². The molecule has 0 amide bonds. The van der Waals surface area contributed by atoms with E-state index in [0.717, 1.165) is 41.9 Å². The van der Waals surface area contributed by atoms with Gasteiger partial charge in [-0.25, -0.2) is 4.98 Å². The number of aliphatic imine (C=N–C) groups is 1. The molecule has 8 heteroatoms. The molecule has 1 aromatic heterocycles. The molecule has 0 atom stereocenters. The number of nitrogens with one attached hydrogen (secondary N) is 2. The molecule has 2 N–H and O–H groups in total. The largest absolute Gasteiger partial charge is 0.493 e. The number of methoxy groups -OCH3 is 2. The first kappa shape index (κ1) is 24.7. The smallest absolute Gasteiger partial charge is 0.191 e. The summed E-state index contributed by atoms with van der Waals surface area (Å²) in [5, 5.41) is 8.02. The second-order valence-electron chi connectivity index (χ2n) is 7.55. The minimum atomic E-state index is 0. The fourth-order valence-electron chi connectivity index (χ4n) is 4.08. The zero-order chi connectivity index (χ0) is 20.7. The quantitative estimate of drug-likeness (QED) is 0.302. The van der Waals surface area contributed by atoms with Crippen molar-refractivity contribution in [2.75, 3.05) is 27.8 Å². The molecule has 1 fully saturated rings. The average molecular weight is 545 g/mol. The molecule has 0 saturated heterocycles. The minimum Gasteiger partial charge on any atom is -0.493 e.